The summed E-state index contributed by atoms with van der Waals surface area (Å²) in [5.41, 5.74) is 6.65. The van der Waals surface area contributed by atoms with Crippen molar-refractivity contribution in [3.8, 4) is 6.07 Å². The summed E-state index contributed by atoms with van der Waals surface area (Å²) in [4.78, 5) is 0. The second-order valence-electron chi connectivity index (χ2n) is 2.53. The lowest BCUT2D eigenvalue weighted by Crippen LogP contribution is -2.02. The molecule has 0 bridgehead atoms. The first-order valence-electron chi connectivity index (χ1n) is 3.59. The SMILES string of the molecule is Cc1c(CN)ccc(C#N)c1F. The topological polar surface area (TPSA) is 49.8 Å². The quantitative estimate of drug-likeness (QED) is 0.683. The third-order valence-electron chi connectivity index (χ3n) is 1.84. The maximum atomic E-state index is 13.2. The highest BCUT2D eigenvalue weighted by Crippen LogP contribution is 2.15. The highest BCUT2D eigenvalue weighted by Gasteiger charge is 2.07. The molecule has 0 unspecified atom stereocenters. The van der Waals surface area contributed by atoms with E-state index >= 15 is 0 Å². The minimum Gasteiger partial charge on any atom is -0.326 e. The highest BCUT2D eigenvalue weighted by atomic mass is 19.1. The highest BCUT2D eigenvalue weighted by molar-refractivity contribution is 5.39. The Kier molecular flexibility index (Phi) is 2.41. The molecular weight excluding hydrogens is 155 g/mol. The molecular formula is C9H9FN2. The summed E-state index contributed by atoms with van der Waals surface area (Å²) in [6.45, 7) is 1.92. The summed E-state index contributed by atoms with van der Waals surface area (Å²) >= 11 is 0. The van der Waals surface area contributed by atoms with Crippen molar-refractivity contribution in [3.05, 3.63) is 34.6 Å². The number of halogens is 1. The molecule has 0 fully saturated rings. The van der Waals surface area contributed by atoms with Crippen LogP contribution in [0.5, 0.6) is 0 Å². The molecule has 2 N–H and O–H groups in total. The summed E-state index contributed by atoms with van der Waals surface area (Å²) in [5, 5.41) is 8.49. The fraction of sp³-hybridized carbons (Fsp3) is 0.222. The maximum absolute atomic E-state index is 13.2. The largest absolute Gasteiger partial charge is 0.326 e. The number of hydrogen-bond acceptors (Lipinski definition) is 2. The van der Waals surface area contributed by atoms with Crippen LogP contribution in [0, 0.1) is 24.1 Å². The number of nitrogens with zero attached hydrogens (tertiary/aromatic N) is 1. The number of nitriles is 1. The Labute approximate surface area is 70.4 Å². The monoisotopic (exact) mass is 164 g/mol. The van der Waals surface area contributed by atoms with Crippen LogP contribution in [0.15, 0.2) is 12.1 Å². The van der Waals surface area contributed by atoms with Crippen molar-refractivity contribution in [2.45, 2.75) is 13.5 Å². The lowest BCUT2D eigenvalue weighted by atomic mass is 10.0. The maximum Gasteiger partial charge on any atom is 0.144 e. The van der Waals surface area contributed by atoms with E-state index in [1.165, 1.54) is 6.07 Å². The van der Waals surface area contributed by atoms with Crippen LogP contribution in [0.3, 0.4) is 0 Å². The molecule has 0 aliphatic carbocycles. The van der Waals surface area contributed by atoms with Gasteiger partial charge < -0.3 is 5.73 Å². The first-order valence-corrected chi connectivity index (χ1v) is 3.59. The molecule has 1 rings (SSSR count). The van der Waals surface area contributed by atoms with Crippen LogP contribution >= 0.6 is 0 Å². The number of benzene rings is 1. The lowest BCUT2D eigenvalue weighted by Gasteiger charge is -2.04. The standard InChI is InChI=1S/C9H9FN2/c1-6-7(4-11)2-3-8(5-12)9(6)10/h2-3H,4,11H2,1H3. The van der Waals surface area contributed by atoms with Crippen LogP contribution < -0.4 is 5.73 Å². The minimum absolute atomic E-state index is 0.0738. The van der Waals surface area contributed by atoms with E-state index in [4.69, 9.17) is 11.0 Å². The molecule has 0 heterocycles. The normalized spacial score (nSPS) is 9.50. The summed E-state index contributed by atoms with van der Waals surface area (Å²) in [6, 6.07) is 4.90. The molecule has 2 nitrogen and oxygen atoms in total. The van der Waals surface area contributed by atoms with E-state index in [1.807, 2.05) is 0 Å². The van der Waals surface area contributed by atoms with E-state index in [2.05, 4.69) is 0 Å². The van der Waals surface area contributed by atoms with Crippen LogP contribution in [0.1, 0.15) is 16.7 Å². The van der Waals surface area contributed by atoms with Crippen molar-refractivity contribution in [2.75, 3.05) is 0 Å². The zero-order valence-corrected chi connectivity index (χ0v) is 6.76. The summed E-state index contributed by atoms with van der Waals surface area (Å²) < 4.78 is 13.2. The van der Waals surface area contributed by atoms with E-state index in [-0.39, 0.29) is 5.56 Å². The molecule has 0 radical (unpaired) electrons. The van der Waals surface area contributed by atoms with Gasteiger partial charge in [0.15, 0.2) is 0 Å². The van der Waals surface area contributed by atoms with Crippen molar-refractivity contribution in [3.63, 3.8) is 0 Å². The molecule has 0 aliphatic heterocycles. The first-order chi connectivity index (χ1) is 5.70. The van der Waals surface area contributed by atoms with Crippen LogP contribution in [0.4, 0.5) is 4.39 Å². The van der Waals surface area contributed by atoms with Crippen LogP contribution in [0.2, 0.25) is 0 Å². The van der Waals surface area contributed by atoms with Gasteiger partial charge in [-0.1, -0.05) is 6.07 Å². The predicted octanol–water partition coefficient (Wildman–Crippen LogP) is 1.46. The summed E-state index contributed by atoms with van der Waals surface area (Å²) in [6.07, 6.45) is 0. The fourth-order valence-electron chi connectivity index (χ4n) is 1.03. The van der Waals surface area contributed by atoms with Crippen molar-refractivity contribution >= 4 is 0 Å². The number of hydrogen-bond donors (Lipinski definition) is 1. The summed E-state index contributed by atoms with van der Waals surface area (Å²) in [7, 11) is 0. The van der Waals surface area contributed by atoms with Gasteiger partial charge in [-0.3, -0.25) is 0 Å². The average molecular weight is 164 g/mol. The zero-order chi connectivity index (χ0) is 9.14. The molecule has 0 amide bonds. The van der Waals surface area contributed by atoms with Crippen molar-refractivity contribution in [1.82, 2.24) is 0 Å². The predicted molar refractivity (Wildman–Crippen MR) is 43.7 cm³/mol. The molecule has 62 valence electrons. The second-order valence-corrected chi connectivity index (χ2v) is 2.53. The van der Waals surface area contributed by atoms with E-state index in [1.54, 1.807) is 19.1 Å². The Morgan fingerprint density at radius 2 is 2.25 bits per heavy atom. The van der Waals surface area contributed by atoms with Crippen molar-refractivity contribution < 1.29 is 4.39 Å². The molecule has 1 aromatic carbocycles. The Hall–Kier alpha value is -1.40. The van der Waals surface area contributed by atoms with Gasteiger partial charge in [0.25, 0.3) is 0 Å². The van der Waals surface area contributed by atoms with Gasteiger partial charge in [-0.2, -0.15) is 5.26 Å². The first kappa shape index (κ1) is 8.69. The van der Waals surface area contributed by atoms with Gasteiger partial charge in [-0.25, -0.2) is 4.39 Å². The molecule has 0 aliphatic rings. The van der Waals surface area contributed by atoms with Gasteiger partial charge in [0.05, 0.1) is 5.56 Å². The summed E-state index contributed by atoms with van der Waals surface area (Å²) in [5.74, 6) is -0.458. The smallest absolute Gasteiger partial charge is 0.144 e. The van der Waals surface area contributed by atoms with Gasteiger partial charge in [-0.05, 0) is 24.1 Å². The number of rotatable bonds is 1. The van der Waals surface area contributed by atoms with Gasteiger partial charge in [0.1, 0.15) is 11.9 Å². The Balaban J connectivity index is 3.32. The Morgan fingerprint density at radius 3 is 2.75 bits per heavy atom. The van der Waals surface area contributed by atoms with Gasteiger partial charge >= 0.3 is 0 Å². The lowest BCUT2D eigenvalue weighted by molar-refractivity contribution is 0.611. The molecule has 0 atom stereocenters. The molecule has 0 aromatic heterocycles. The third kappa shape index (κ3) is 1.29. The van der Waals surface area contributed by atoms with Gasteiger partial charge in [0.2, 0.25) is 0 Å². The average Bonchev–Trinajstić information content (AvgIpc) is 2.10. The van der Waals surface area contributed by atoms with Crippen molar-refractivity contribution in [2.24, 2.45) is 5.73 Å². The molecule has 3 heteroatoms. The van der Waals surface area contributed by atoms with Crippen molar-refractivity contribution in [1.29, 1.82) is 5.26 Å². The van der Waals surface area contributed by atoms with E-state index in [0.717, 1.165) is 5.56 Å². The molecule has 12 heavy (non-hydrogen) atoms. The molecule has 0 saturated carbocycles. The molecule has 1 aromatic rings. The second kappa shape index (κ2) is 3.33. The van der Waals surface area contributed by atoms with E-state index < -0.39 is 5.82 Å². The molecule has 0 spiro atoms. The van der Waals surface area contributed by atoms with E-state index in [0.29, 0.717) is 12.1 Å². The third-order valence-corrected chi connectivity index (χ3v) is 1.84. The van der Waals surface area contributed by atoms with E-state index in [9.17, 15) is 4.39 Å². The van der Waals surface area contributed by atoms with Gasteiger partial charge in [0, 0.05) is 6.54 Å². The molecule has 0 saturated heterocycles. The van der Waals surface area contributed by atoms with Crippen LogP contribution in [0.25, 0.3) is 0 Å². The minimum atomic E-state index is -0.458. The van der Waals surface area contributed by atoms with Crippen LogP contribution in [-0.4, -0.2) is 0 Å². The Bertz CT molecular complexity index is 339. The number of nitrogens with two attached hydrogens (primary N) is 1. The van der Waals surface area contributed by atoms with Crippen LogP contribution in [-0.2, 0) is 6.54 Å². The zero-order valence-electron chi connectivity index (χ0n) is 6.76. The fourth-order valence-corrected chi connectivity index (χ4v) is 1.03. The Morgan fingerprint density at radius 1 is 1.58 bits per heavy atom. The van der Waals surface area contributed by atoms with Gasteiger partial charge in [-0.15, -0.1) is 0 Å².